The molecule has 0 bridgehead atoms. The molecule has 4 nitrogen and oxygen atoms in total. The predicted molar refractivity (Wildman–Crippen MR) is 74.8 cm³/mol. The summed E-state index contributed by atoms with van der Waals surface area (Å²) < 4.78 is 4.75. The monoisotopic (exact) mass is 258 g/mol. The van der Waals surface area contributed by atoms with Gasteiger partial charge in [0.1, 0.15) is 6.61 Å². The maximum Gasteiger partial charge on any atom is 0.413 e. The summed E-state index contributed by atoms with van der Waals surface area (Å²) in [5, 5.41) is 0. The van der Waals surface area contributed by atoms with Crippen LogP contribution in [0.5, 0.6) is 0 Å². The molecular weight excluding hydrogens is 240 g/mol. The van der Waals surface area contributed by atoms with Crippen molar-refractivity contribution in [2.24, 2.45) is 0 Å². The third kappa shape index (κ3) is 5.32. The number of nitrogens with zero attached hydrogens (tertiary/aromatic N) is 2. The highest BCUT2D eigenvalue weighted by Crippen LogP contribution is 2.22. The smallest absolute Gasteiger partial charge is 0.413 e. The van der Waals surface area contributed by atoms with Crippen molar-refractivity contribution in [3.05, 3.63) is 47.0 Å². The van der Waals surface area contributed by atoms with Gasteiger partial charge in [0.05, 0.1) is 0 Å². The topological polar surface area (TPSA) is 62.7 Å². The summed E-state index contributed by atoms with van der Waals surface area (Å²) in [4.78, 5) is 13.4. The molecule has 1 aromatic rings. The van der Waals surface area contributed by atoms with E-state index in [4.69, 9.17) is 10.3 Å². The summed E-state index contributed by atoms with van der Waals surface area (Å²) in [5.41, 5.74) is 10.6. The minimum Gasteiger partial charge on any atom is -0.453 e. The maximum absolute atomic E-state index is 10.8. The van der Waals surface area contributed by atoms with Gasteiger partial charge >= 0.3 is 12.2 Å². The van der Waals surface area contributed by atoms with Crippen molar-refractivity contribution in [3.8, 4) is 0 Å². The van der Waals surface area contributed by atoms with E-state index in [1.165, 1.54) is 5.56 Å². The van der Waals surface area contributed by atoms with Gasteiger partial charge in [0.15, 0.2) is 0 Å². The second-order valence-electron chi connectivity index (χ2n) is 5.15. The van der Waals surface area contributed by atoms with E-state index in [1.54, 1.807) is 6.08 Å². The molecule has 0 heterocycles. The van der Waals surface area contributed by atoms with E-state index in [2.05, 4.69) is 37.7 Å². The molecule has 0 spiro atoms. The molecule has 0 N–H and O–H groups in total. The van der Waals surface area contributed by atoms with Gasteiger partial charge in [0.25, 0.3) is 0 Å². The van der Waals surface area contributed by atoms with Crippen LogP contribution in [0.25, 0.3) is 11.6 Å². The van der Waals surface area contributed by atoms with E-state index in [0.717, 1.165) is 5.56 Å². The number of esters is 1. The second-order valence-corrected chi connectivity index (χ2v) is 5.15. The molecule has 0 radical (unpaired) electrons. The molecule has 19 heavy (non-hydrogen) atoms. The molecule has 0 saturated heterocycles. The van der Waals surface area contributed by atoms with Gasteiger partial charge in [0.2, 0.25) is 0 Å². The molecule has 0 aliphatic carbocycles. The van der Waals surface area contributed by atoms with E-state index in [1.807, 2.05) is 18.2 Å². The summed E-state index contributed by atoms with van der Waals surface area (Å²) in [6.07, 6.45) is 4.32. The largest absolute Gasteiger partial charge is 0.453 e. The van der Waals surface area contributed by atoms with E-state index in [0.29, 0.717) is 6.21 Å². The summed E-state index contributed by atoms with van der Waals surface area (Å²) >= 11 is 0. The van der Waals surface area contributed by atoms with Crippen molar-refractivity contribution in [2.75, 3.05) is 6.61 Å². The number of ether oxygens (including phenoxy) is 1. The van der Waals surface area contributed by atoms with Gasteiger partial charge in [-0.15, -0.1) is 0 Å². The predicted octanol–water partition coefficient (Wildman–Crippen LogP) is 2.84. The van der Waals surface area contributed by atoms with Crippen LogP contribution in [-0.4, -0.2) is 23.6 Å². The Morgan fingerprint density at radius 3 is 2.47 bits per heavy atom. The Labute approximate surface area is 113 Å². The molecule has 0 amide bonds. The lowest BCUT2D eigenvalue weighted by molar-refractivity contribution is -0.137. The number of carbonyl (C=O) groups excluding carboxylic acids is 1. The van der Waals surface area contributed by atoms with E-state index in [-0.39, 0.29) is 12.0 Å². The standard InChI is InChI=1S/C15H18N2O2/c1-15(2,3)13-8-6-12(7-9-13)5-4-10-19-14(18)11-17-16/h4-9,11H,10H2,1-3H3/b5-4+. The molecule has 100 valence electrons. The van der Waals surface area contributed by atoms with Crippen molar-refractivity contribution in [1.29, 1.82) is 0 Å². The molecule has 1 aromatic carbocycles. The van der Waals surface area contributed by atoms with Crippen molar-refractivity contribution in [1.82, 2.24) is 0 Å². The van der Waals surface area contributed by atoms with Crippen LogP contribution in [0.3, 0.4) is 0 Å². The molecule has 0 aliphatic heterocycles. The Kier molecular flexibility index (Phi) is 5.22. The van der Waals surface area contributed by atoms with Gasteiger partial charge in [0, 0.05) is 0 Å². The van der Waals surface area contributed by atoms with Crippen LogP contribution in [0, 0.1) is 0 Å². The molecular formula is C15H18N2O2. The lowest BCUT2D eigenvalue weighted by Crippen LogP contribution is -2.10. The summed E-state index contributed by atoms with van der Waals surface area (Å²) in [6.45, 7) is 6.64. The average molecular weight is 258 g/mol. The van der Waals surface area contributed by atoms with Crippen LogP contribution < -0.4 is 0 Å². The van der Waals surface area contributed by atoms with E-state index >= 15 is 0 Å². The summed E-state index contributed by atoms with van der Waals surface area (Å²) in [7, 11) is 0. The molecule has 0 unspecified atom stereocenters. The van der Waals surface area contributed by atoms with Gasteiger partial charge in [-0.05, 0) is 22.6 Å². The van der Waals surface area contributed by atoms with Gasteiger partial charge in [-0.2, -0.15) is 4.79 Å². The van der Waals surface area contributed by atoms with Crippen LogP contribution >= 0.6 is 0 Å². The van der Waals surface area contributed by atoms with Gasteiger partial charge in [-0.1, -0.05) is 51.1 Å². The third-order valence-electron chi connectivity index (χ3n) is 2.57. The first kappa shape index (κ1) is 14.9. The summed E-state index contributed by atoms with van der Waals surface area (Å²) in [5.74, 6) is -0.671. The molecule has 0 aliphatic rings. The van der Waals surface area contributed by atoms with Crippen LogP contribution in [0.2, 0.25) is 0 Å². The molecule has 0 saturated carbocycles. The van der Waals surface area contributed by atoms with Crippen LogP contribution in [0.4, 0.5) is 0 Å². The van der Waals surface area contributed by atoms with Gasteiger partial charge in [-0.3, -0.25) is 0 Å². The quantitative estimate of drug-likeness (QED) is 0.361. The highest BCUT2D eigenvalue weighted by atomic mass is 16.5. The minimum atomic E-state index is -0.671. The zero-order chi connectivity index (χ0) is 14.3. The molecule has 4 heteroatoms. The van der Waals surface area contributed by atoms with Crippen LogP contribution in [-0.2, 0) is 14.9 Å². The Morgan fingerprint density at radius 1 is 1.32 bits per heavy atom. The lowest BCUT2D eigenvalue weighted by Gasteiger charge is -2.18. The fourth-order valence-electron chi connectivity index (χ4n) is 1.49. The zero-order valence-electron chi connectivity index (χ0n) is 11.5. The number of hydrogen-bond acceptors (Lipinski definition) is 2. The first-order chi connectivity index (χ1) is 8.93. The number of carbonyl (C=O) groups is 1. The van der Waals surface area contributed by atoms with Crippen LogP contribution in [0.15, 0.2) is 30.3 Å². The first-order valence-electron chi connectivity index (χ1n) is 6.05. The highest BCUT2D eigenvalue weighted by molar-refractivity contribution is 6.20. The number of hydrogen-bond donors (Lipinski definition) is 0. The molecule has 0 fully saturated rings. The number of benzene rings is 1. The Morgan fingerprint density at radius 2 is 1.95 bits per heavy atom. The maximum atomic E-state index is 10.8. The zero-order valence-corrected chi connectivity index (χ0v) is 11.5. The van der Waals surface area contributed by atoms with Gasteiger partial charge < -0.3 is 10.3 Å². The van der Waals surface area contributed by atoms with Crippen molar-refractivity contribution < 1.29 is 14.3 Å². The molecule has 0 atom stereocenters. The lowest BCUT2D eigenvalue weighted by atomic mass is 9.87. The van der Waals surface area contributed by atoms with E-state index in [9.17, 15) is 4.79 Å². The van der Waals surface area contributed by atoms with Crippen molar-refractivity contribution >= 4 is 18.3 Å². The Hall–Kier alpha value is -2.19. The Bertz CT molecular complexity index is 504. The highest BCUT2D eigenvalue weighted by Gasteiger charge is 2.12. The fourth-order valence-corrected chi connectivity index (χ4v) is 1.49. The minimum absolute atomic E-state index is 0.140. The number of rotatable bonds is 4. The van der Waals surface area contributed by atoms with Crippen molar-refractivity contribution in [3.63, 3.8) is 0 Å². The van der Waals surface area contributed by atoms with E-state index < -0.39 is 5.97 Å². The fraction of sp³-hybridized carbons (Fsp3) is 0.333. The third-order valence-corrected chi connectivity index (χ3v) is 2.57. The van der Waals surface area contributed by atoms with Crippen LogP contribution in [0.1, 0.15) is 31.9 Å². The SMILES string of the molecule is CC(C)(C)c1ccc(/C=C/COC(=O)C=[N+]=[N-])cc1. The second kappa shape index (κ2) is 6.66. The normalized spacial score (nSPS) is 11.1. The molecule has 0 aromatic heterocycles. The average Bonchev–Trinajstić information content (AvgIpc) is 2.34. The van der Waals surface area contributed by atoms with Crippen molar-refractivity contribution in [2.45, 2.75) is 26.2 Å². The Balaban J connectivity index is 2.54. The summed E-state index contributed by atoms with van der Waals surface area (Å²) in [6, 6.07) is 8.22. The van der Waals surface area contributed by atoms with Gasteiger partial charge in [-0.25, -0.2) is 4.79 Å². The molecule has 1 rings (SSSR count). The first-order valence-corrected chi connectivity index (χ1v) is 6.05.